The molecule has 4 heterocycles. The number of para-hydroxylation sites is 2. The highest BCUT2D eigenvalue weighted by atomic mass is 15.0. The maximum Gasteiger partial charge on any atom is 0.124 e. The highest BCUT2D eigenvalue weighted by Crippen LogP contribution is 2.33. The Morgan fingerprint density at radius 1 is 0.431 bits per heavy atom. The quantitative estimate of drug-likeness (QED) is 0.180. The summed E-state index contributed by atoms with van der Waals surface area (Å²) in [5.74, 6) is 0. The number of benzene rings is 6. The second-order valence-electron chi connectivity index (χ2n) is 13.0. The summed E-state index contributed by atoms with van der Waals surface area (Å²) in [5, 5.41) is 2.29. The monoisotopic (exact) mass is 650 g/mol. The molecule has 0 unspecified atom stereocenters. The van der Waals surface area contributed by atoms with Gasteiger partial charge in [0.05, 0.1) is 28.3 Å². The molecule has 0 fully saturated rings. The highest BCUT2D eigenvalue weighted by molar-refractivity contribution is 6.07. The van der Waals surface area contributed by atoms with E-state index in [1.165, 1.54) is 44.3 Å². The molecule has 0 N–H and O–H groups in total. The van der Waals surface area contributed by atoms with Crippen molar-refractivity contribution in [2.24, 2.45) is 0 Å². The zero-order chi connectivity index (χ0) is 33.7. The molecular weight excluding hydrogens is 621 g/mol. The zero-order valence-corrected chi connectivity index (χ0v) is 27.7. The van der Waals surface area contributed by atoms with Crippen molar-refractivity contribution < 1.29 is 0 Å². The van der Waals surface area contributed by atoms with E-state index in [1.54, 1.807) is 6.20 Å². The lowest BCUT2D eigenvalue weighted by Gasteiger charge is -2.10. The first-order valence-electron chi connectivity index (χ1n) is 17.2. The zero-order valence-electron chi connectivity index (χ0n) is 27.7. The predicted octanol–water partition coefficient (Wildman–Crippen LogP) is 11.2. The minimum Gasteiger partial charge on any atom is -0.308 e. The van der Waals surface area contributed by atoms with Crippen LogP contribution in [0.3, 0.4) is 0 Å². The number of fused-ring (bicyclic) bond motifs is 6. The summed E-state index contributed by atoms with van der Waals surface area (Å²) in [5.41, 5.74) is 15.9. The molecule has 4 nitrogen and oxygen atoms in total. The van der Waals surface area contributed by atoms with Crippen LogP contribution in [-0.4, -0.2) is 19.1 Å². The number of pyridine rings is 1. The molecule has 0 atom stereocenters. The van der Waals surface area contributed by atoms with Crippen molar-refractivity contribution in [3.05, 3.63) is 193 Å². The molecule has 0 bridgehead atoms. The van der Waals surface area contributed by atoms with E-state index in [9.17, 15) is 0 Å². The fraction of sp³-hybridized carbons (Fsp3) is 0.0213. The molecule has 10 aromatic rings. The third-order valence-corrected chi connectivity index (χ3v) is 9.96. The van der Waals surface area contributed by atoms with Crippen LogP contribution in [0.25, 0.3) is 77.5 Å². The predicted molar refractivity (Wildman–Crippen MR) is 209 cm³/mol. The molecular formula is C47H30N4. The normalized spacial score (nSPS) is 11.5. The van der Waals surface area contributed by atoms with Gasteiger partial charge < -0.3 is 9.13 Å². The van der Waals surface area contributed by atoms with Gasteiger partial charge in [-0.3, -0.25) is 4.98 Å². The van der Waals surface area contributed by atoms with Crippen LogP contribution >= 0.6 is 0 Å². The summed E-state index contributed by atoms with van der Waals surface area (Å²) in [7, 11) is 0. The van der Waals surface area contributed by atoms with Gasteiger partial charge in [-0.15, -0.1) is 0 Å². The third-order valence-electron chi connectivity index (χ3n) is 9.96. The van der Waals surface area contributed by atoms with Gasteiger partial charge in [0.1, 0.15) is 11.0 Å². The first-order valence-corrected chi connectivity index (χ1v) is 17.2. The van der Waals surface area contributed by atoms with Crippen LogP contribution in [0.5, 0.6) is 0 Å². The molecule has 0 spiro atoms. The fourth-order valence-electron chi connectivity index (χ4n) is 7.47. The average Bonchev–Trinajstić information content (AvgIpc) is 3.72. The van der Waals surface area contributed by atoms with Crippen LogP contribution in [-0.2, 0) is 6.42 Å². The third kappa shape index (κ3) is 4.95. The molecule has 0 saturated heterocycles. The van der Waals surface area contributed by atoms with Crippen molar-refractivity contribution in [1.29, 1.82) is 0 Å². The van der Waals surface area contributed by atoms with Gasteiger partial charge in [-0.05, 0) is 100 Å². The number of rotatable bonds is 6. The Morgan fingerprint density at radius 2 is 0.922 bits per heavy atom. The van der Waals surface area contributed by atoms with Crippen LogP contribution in [0.15, 0.2) is 170 Å². The van der Waals surface area contributed by atoms with E-state index >= 15 is 0 Å². The van der Waals surface area contributed by atoms with Crippen LogP contribution in [0.2, 0.25) is 0 Å². The molecule has 4 heteroatoms. The first-order chi connectivity index (χ1) is 25.3. The second kappa shape index (κ2) is 11.9. The van der Waals surface area contributed by atoms with Gasteiger partial charge in [0.2, 0.25) is 0 Å². The molecule has 6 aromatic carbocycles. The molecule has 0 saturated carbocycles. The topological polar surface area (TPSA) is 35.6 Å². The van der Waals surface area contributed by atoms with E-state index in [2.05, 4.69) is 183 Å². The van der Waals surface area contributed by atoms with E-state index in [1.807, 2.05) is 12.3 Å². The minimum atomic E-state index is 0.885. The molecule has 4 aromatic heterocycles. The lowest BCUT2D eigenvalue weighted by Crippen LogP contribution is -1.94. The molecule has 0 aliphatic rings. The van der Waals surface area contributed by atoms with Crippen LogP contribution < -0.4 is 0 Å². The lowest BCUT2D eigenvalue weighted by molar-refractivity contribution is 1.17. The maximum absolute atomic E-state index is 4.68. The number of nitrogens with zero attached hydrogens (tertiary/aromatic N) is 4. The summed E-state index contributed by atoms with van der Waals surface area (Å²) in [6, 6.07) is 62.7. The Hall–Kier alpha value is -6.96. The van der Waals surface area contributed by atoms with E-state index in [4.69, 9.17) is 0 Å². The largest absolute Gasteiger partial charge is 0.308 e. The Kier molecular flexibility index (Phi) is 6.75. The molecule has 0 radical (unpaired) electrons. The summed E-state index contributed by atoms with van der Waals surface area (Å²) in [6.45, 7) is 0. The number of hydrogen-bond acceptors (Lipinski definition) is 2. The highest BCUT2D eigenvalue weighted by Gasteiger charge is 2.14. The van der Waals surface area contributed by atoms with Gasteiger partial charge in [0.15, 0.2) is 0 Å². The van der Waals surface area contributed by atoms with E-state index < -0.39 is 0 Å². The van der Waals surface area contributed by atoms with Crippen molar-refractivity contribution in [1.82, 2.24) is 19.1 Å². The Bertz CT molecular complexity index is 2540. The summed E-state index contributed by atoms with van der Waals surface area (Å²) in [4.78, 5) is 9.27. The van der Waals surface area contributed by atoms with E-state index in [0.717, 1.165) is 50.8 Å². The maximum atomic E-state index is 4.68. The minimum absolute atomic E-state index is 0.885. The SMILES string of the molecule is c1cnc2c3ccccc3n(-c3ccc(-c4ccc(Cc5ccc(-c6ccc(-n7c8ccccc8c8ncccc87)cc6)cc5)cc4)cc3)c2c#1. The standard InChI is InChI=1S/C47H30N4/c1-3-9-42-40(7-1)46-44(11-5-29-48-46)50(42)38-25-21-36(22-26-38)34-17-13-32(14-18-34)31-33-15-19-35(20-16-33)37-23-27-39(28-24-37)51-43-10-4-2-8-41(43)47-45(51)12-6-30-49-47/h1-5,7-11,13-30H,31H2. The van der Waals surface area contributed by atoms with Crippen molar-refractivity contribution >= 4 is 43.9 Å². The average molecular weight is 651 g/mol. The second-order valence-corrected chi connectivity index (χ2v) is 13.0. The van der Waals surface area contributed by atoms with E-state index in [-0.39, 0.29) is 0 Å². The van der Waals surface area contributed by atoms with Crippen LogP contribution in [0, 0.1) is 12.1 Å². The molecule has 10 rings (SSSR count). The van der Waals surface area contributed by atoms with E-state index in [0.29, 0.717) is 0 Å². The van der Waals surface area contributed by atoms with Gasteiger partial charge in [-0.1, -0.05) is 109 Å². The first kappa shape index (κ1) is 29.0. The van der Waals surface area contributed by atoms with Crippen LogP contribution in [0.1, 0.15) is 11.1 Å². The Labute approximate surface area is 295 Å². The van der Waals surface area contributed by atoms with Crippen molar-refractivity contribution in [2.75, 3.05) is 0 Å². The summed E-state index contributed by atoms with van der Waals surface area (Å²) >= 11 is 0. The molecule has 0 aliphatic heterocycles. The van der Waals surface area contributed by atoms with Gasteiger partial charge in [-0.2, -0.15) is 0 Å². The summed E-state index contributed by atoms with van der Waals surface area (Å²) in [6.07, 6.45) is 4.44. The number of hydrogen-bond donors (Lipinski definition) is 0. The van der Waals surface area contributed by atoms with Gasteiger partial charge in [0, 0.05) is 28.3 Å². The van der Waals surface area contributed by atoms with Crippen molar-refractivity contribution in [3.63, 3.8) is 0 Å². The Balaban J connectivity index is 0.853. The van der Waals surface area contributed by atoms with Gasteiger partial charge in [-0.25, -0.2) is 4.98 Å². The smallest absolute Gasteiger partial charge is 0.124 e. The van der Waals surface area contributed by atoms with Crippen molar-refractivity contribution in [2.45, 2.75) is 6.42 Å². The van der Waals surface area contributed by atoms with Crippen LogP contribution in [0.4, 0.5) is 0 Å². The molecule has 0 amide bonds. The summed E-state index contributed by atoms with van der Waals surface area (Å²) < 4.78 is 4.51. The Morgan fingerprint density at radius 3 is 1.53 bits per heavy atom. The fourth-order valence-corrected chi connectivity index (χ4v) is 7.47. The van der Waals surface area contributed by atoms with Crippen molar-refractivity contribution in [3.8, 4) is 33.6 Å². The molecule has 238 valence electrons. The molecule has 0 aliphatic carbocycles. The van der Waals surface area contributed by atoms with Gasteiger partial charge >= 0.3 is 0 Å². The lowest BCUT2D eigenvalue weighted by atomic mass is 9.98. The number of aromatic nitrogens is 4. The van der Waals surface area contributed by atoms with Gasteiger partial charge in [0.25, 0.3) is 0 Å². The molecule has 51 heavy (non-hydrogen) atoms.